The van der Waals surface area contributed by atoms with E-state index in [-0.39, 0.29) is 10.6 Å². The molecule has 0 bridgehead atoms. The highest BCUT2D eigenvalue weighted by Gasteiger charge is 2.13. The number of hydrogen-bond donors (Lipinski definition) is 1. The van der Waals surface area contributed by atoms with Gasteiger partial charge in [-0.15, -0.1) is 0 Å². The van der Waals surface area contributed by atoms with Gasteiger partial charge in [-0.1, -0.05) is 37.8 Å². The van der Waals surface area contributed by atoms with Gasteiger partial charge in [-0.2, -0.15) is 5.10 Å². The molecule has 1 heterocycles. The van der Waals surface area contributed by atoms with Crippen LogP contribution in [0.25, 0.3) is 0 Å². The first-order chi connectivity index (χ1) is 10.2. The summed E-state index contributed by atoms with van der Waals surface area (Å²) < 4.78 is 7.22. The standard InChI is InChI=1S/C15H24ClN3O2/c1-2-9-19-15(20)14(16)13(11-18-19)17-8-10-21-12-6-4-3-5-7-12/h11-12,17H,2-10H2,1H3. The molecule has 5 nitrogen and oxygen atoms in total. The van der Waals surface area contributed by atoms with Gasteiger partial charge in [0.25, 0.3) is 5.56 Å². The molecule has 1 N–H and O–H groups in total. The van der Waals surface area contributed by atoms with Crippen LogP contribution in [-0.4, -0.2) is 29.0 Å². The number of rotatable bonds is 7. The van der Waals surface area contributed by atoms with Crippen molar-refractivity contribution in [1.82, 2.24) is 9.78 Å². The van der Waals surface area contributed by atoms with Gasteiger partial charge >= 0.3 is 0 Å². The predicted octanol–water partition coefficient (Wildman–Crippen LogP) is 3.07. The molecule has 0 aromatic carbocycles. The van der Waals surface area contributed by atoms with E-state index in [0.29, 0.717) is 31.5 Å². The Balaban J connectivity index is 1.80. The topological polar surface area (TPSA) is 56.1 Å². The molecule has 0 aliphatic heterocycles. The number of nitrogens with one attached hydrogen (secondary N) is 1. The van der Waals surface area contributed by atoms with Crippen LogP contribution in [0.4, 0.5) is 5.69 Å². The molecule has 1 aromatic rings. The second-order valence-corrected chi connectivity index (χ2v) is 5.84. The molecule has 0 atom stereocenters. The van der Waals surface area contributed by atoms with Gasteiger partial charge in [0, 0.05) is 13.1 Å². The fourth-order valence-corrected chi connectivity index (χ4v) is 2.82. The maximum atomic E-state index is 12.0. The number of aromatic nitrogens is 2. The highest BCUT2D eigenvalue weighted by Crippen LogP contribution is 2.20. The summed E-state index contributed by atoms with van der Waals surface area (Å²) in [5, 5.41) is 7.45. The van der Waals surface area contributed by atoms with Crippen LogP contribution < -0.4 is 10.9 Å². The van der Waals surface area contributed by atoms with E-state index < -0.39 is 0 Å². The van der Waals surface area contributed by atoms with Gasteiger partial charge in [-0.3, -0.25) is 4.79 Å². The smallest absolute Gasteiger partial charge is 0.287 e. The molecule has 0 spiro atoms. The van der Waals surface area contributed by atoms with Crippen LogP contribution in [0.2, 0.25) is 5.02 Å². The van der Waals surface area contributed by atoms with Crippen molar-refractivity contribution < 1.29 is 4.74 Å². The van der Waals surface area contributed by atoms with E-state index in [4.69, 9.17) is 16.3 Å². The van der Waals surface area contributed by atoms with Crippen molar-refractivity contribution >= 4 is 17.3 Å². The minimum atomic E-state index is -0.239. The van der Waals surface area contributed by atoms with Gasteiger partial charge < -0.3 is 10.1 Å². The monoisotopic (exact) mass is 313 g/mol. The average Bonchev–Trinajstić information content (AvgIpc) is 2.51. The second-order valence-electron chi connectivity index (χ2n) is 5.46. The minimum Gasteiger partial charge on any atom is -0.380 e. The van der Waals surface area contributed by atoms with E-state index in [1.165, 1.54) is 23.9 Å². The molecular weight excluding hydrogens is 290 g/mol. The van der Waals surface area contributed by atoms with Crippen LogP contribution in [0.1, 0.15) is 45.4 Å². The number of hydrogen-bond acceptors (Lipinski definition) is 4. The van der Waals surface area contributed by atoms with Gasteiger partial charge in [-0.05, 0) is 19.3 Å². The summed E-state index contributed by atoms with van der Waals surface area (Å²) in [6, 6.07) is 0. The molecule has 6 heteroatoms. The largest absolute Gasteiger partial charge is 0.380 e. The molecule has 0 radical (unpaired) electrons. The van der Waals surface area contributed by atoms with Gasteiger partial charge in [-0.25, -0.2) is 4.68 Å². The number of ether oxygens (including phenoxy) is 1. The molecule has 1 fully saturated rings. The zero-order valence-electron chi connectivity index (χ0n) is 12.6. The molecule has 1 aromatic heterocycles. The van der Waals surface area contributed by atoms with E-state index in [1.54, 1.807) is 6.20 Å². The van der Waals surface area contributed by atoms with Crippen LogP contribution in [0.15, 0.2) is 11.0 Å². The van der Waals surface area contributed by atoms with Crippen molar-refractivity contribution in [3.63, 3.8) is 0 Å². The Morgan fingerprint density at radius 1 is 1.43 bits per heavy atom. The van der Waals surface area contributed by atoms with Crippen molar-refractivity contribution in [1.29, 1.82) is 0 Å². The Kier molecular flexibility index (Phi) is 6.51. The minimum absolute atomic E-state index is 0.205. The lowest BCUT2D eigenvalue weighted by Crippen LogP contribution is -2.25. The summed E-state index contributed by atoms with van der Waals surface area (Å²) in [5.41, 5.74) is 0.345. The SMILES string of the molecule is CCCn1ncc(NCCOC2CCCCC2)c(Cl)c1=O. The molecule has 1 aliphatic rings. The van der Waals surface area contributed by atoms with Crippen LogP contribution >= 0.6 is 11.6 Å². The Labute approximate surface area is 130 Å². The van der Waals surface area contributed by atoms with Crippen LogP contribution in [0.5, 0.6) is 0 Å². The van der Waals surface area contributed by atoms with Crippen LogP contribution in [-0.2, 0) is 11.3 Å². The summed E-state index contributed by atoms with van der Waals surface area (Å²) in [6.07, 6.45) is 9.04. The molecule has 1 aliphatic carbocycles. The first-order valence-corrected chi connectivity index (χ1v) is 8.21. The Hall–Kier alpha value is -1.07. The summed E-state index contributed by atoms with van der Waals surface area (Å²) in [4.78, 5) is 12.0. The summed E-state index contributed by atoms with van der Waals surface area (Å²) in [6.45, 7) is 3.84. The molecule has 2 rings (SSSR count). The summed E-state index contributed by atoms with van der Waals surface area (Å²) >= 11 is 6.09. The summed E-state index contributed by atoms with van der Waals surface area (Å²) in [7, 11) is 0. The normalized spacial score (nSPS) is 16.1. The number of aryl methyl sites for hydroxylation is 1. The van der Waals surface area contributed by atoms with Crippen molar-refractivity contribution in [2.24, 2.45) is 0 Å². The maximum Gasteiger partial charge on any atom is 0.287 e. The van der Waals surface area contributed by atoms with Crippen molar-refractivity contribution in [3.8, 4) is 0 Å². The van der Waals surface area contributed by atoms with Crippen LogP contribution in [0, 0.1) is 0 Å². The lowest BCUT2D eigenvalue weighted by Gasteiger charge is -2.22. The molecule has 1 saturated carbocycles. The number of halogens is 1. The van der Waals surface area contributed by atoms with Gasteiger partial charge in [0.05, 0.1) is 24.6 Å². The quantitative estimate of drug-likeness (QED) is 0.786. The predicted molar refractivity (Wildman–Crippen MR) is 85.1 cm³/mol. The number of anilines is 1. The van der Waals surface area contributed by atoms with Gasteiger partial charge in [0.15, 0.2) is 0 Å². The second kappa shape index (κ2) is 8.39. The molecule has 21 heavy (non-hydrogen) atoms. The number of nitrogens with zero attached hydrogens (tertiary/aromatic N) is 2. The molecule has 0 saturated heterocycles. The third-order valence-electron chi connectivity index (χ3n) is 3.74. The first-order valence-electron chi connectivity index (χ1n) is 7.83. The van der Waals surface area contributed by atoms with E-state index in [2.05, 4.69) is 10.4 Å². The Morgan fingerprint density at radius 2 is 2.19 bits per heavy atom. The molecule has 0 amide bonds. The lowest BCUT2D eigenvalue weighted by molar-refractivity contribution is 0.0347. The zero-order chi connectivity index (χ0) is 15.1. The van der Waals surface area contributed by atoms with Crippen LogP contribution in [0.3, 0.4) is 0 Å². The molecule has 118 valence electrons. The summed E-state index contributed by atoms with van der Waals surface area (Å²) in [5.74, 6) is 0. The third-order valence-corrected chi connectivity index (χ3v) is 4.11. The maximum absolute atomic E-state index is 12.0. The fourth-order valence-electron chi connectivity index (χ4n) is 2.60. The van der Waals surface area contributed by atoms with E-state index in [0.717, 1.165) is 19.3 Å². The van der Waals surface area contributed by atoms with Crippen molar-refractivity contribution in [3.05, 3.63) is 21.6 Å². The van der Waals surface area contributed by atoms with E-state index >= 15 is 0 Å². The van der Waals surface area contributed by atoms with Gasteiger partial charge in [0.2, 0.25) is 0 Å². The van der Waals surface area contributed by atoms with E-state index in [9.17, 15) is 4.79 Å². The highest BCUT2D eigenvalue weighted by molar-refractivity contribution is 6.32. The van der Waals surface area contributed by atoms with Crippen molar-refractivity contribution in [2.75, 3.05) is 18.5 Å². The Bertz CT molecular complexity index is 498. The average molecular weight is 314 g/mol. The third kappa shape index (κ3) is 4.71. The molecule has 0 unspecified atom stereocenters. The van der Waals surface area contributed by atoms with Crippen molar-refractivity contribution in [2.45, 2.75) is 58.1 Å². The molecular formula is C15H24ClN3O2. The van der Waals surface area contributed by atoms with E-state index in [1.807, 2.05) is 6.92 Å². The Morgan fingerprint density at radius 3 is 2.90 bits per heavy atom. The van der Waals surface area contributed by atoms with Gasteiger partial charge in [0.1, 0.15) is 5.02 Å². The lowest BCUT2D eigenvalue weighted by atomic mass is 9.98. The highest BCUT2D eigenvalue weighted by atomic mass is 35.5. The fraction of sp³-hybridized carbons (Fsp3) is 0.733. The first kappa shape index (κ1) is 16.3. The zero-order valence-corrected chi connectivity index (χ0v) is 13.4.